The average molecular weight is 166 g/mol. The van der Waals surface area contributed by atoms with E-state index in [1.165, 1.54) is 0 Å². The van der Waals surface area contributed by atoms with Crippen molar-refractivity contribution in [2.24, 2.45) is 0 Å². The second-order valence-corrected chi connectivity index (χ2v) is 1.36. The zero-order valence-corrected chi connectivity index (χ0v) is 8.19. The number of carbonyl (C=O) groups is 1. The maximum absolute atomic E-state index is 8.44. The molecule has 0 radical (unpaired) electrons. The van der Waals surface area contributed by atoms with Crippen LogP contribution >= 0.6 is 0 Å². The van der Waals surface area contributed by atoms with Crippen molar-refractivity contribution in [3.05, 3.63) is 24.5 Å². The molecule has 0 aromatic heterocycles. The summed E-state index contributed by atoms with van der Waals surface area (Å²) in [6.45, 7) is 0.733. The smallest absolute Gasteiger partial charge is 0.565 e. The summed E-state index contributed by atoms with van der Waals surface area (Å²) in [6, 6.07) is 0. The summed E-state index contributed by atoms with van der Waals surface area (Å²) in [4.78, 5) is 8.44. The van der Waals surface area contributed by atoms with E-state index in [4.69, 9.17) is 19.7 Å². The summed E-state index contributed by atoms with van der Waals surface area (Å²) < 4.78 is 4.80. The Labute approximate surface area is 86.5 Å². The monoisotopic (exact) mass is 166 g/mol. The van der Waals surface area contributed by atoms with Gasteiger partial charge in [-0.1, -0.05) is 6.08 Å². The molecule has 1 rings (SSSR count). The van der Waals surface area contributed by atoms with Crippen molar-refractivity contribution in [2.75, 3.05) is 6.61 Å². The third-order valence-corrected chi connectivity index (χ3v) is 0.614. The average Bonchev–Trinajstić information content (AvgIpc) is 1.90. The van der Waals surface area contributed by atoms with Gasteiger partial charge in [0.2, 0.25) is 6.16 Å². The third-order valence-electron chi connectivity index (χ3n) is 0.614. The van der Waals surface area contributed by atoms with Crippen molar-refractivity contribution in [1.82, 2.24) is 0 Å². The first-order chi connectivity index (χ1) is 4.73. The summed E-state index contributed by atoms with van der Waals surface area (Å²) in [5.74, 6) is 0. The Balaban J connectivity index is 0. The molecule has 0 spiro atoms. The van der Waals surface area contributed by atoms with Crippen LogP contribution in [-0.2, 0) is 4.74 Å². The van der Waals surface area contributed by atoms with Crippen LogP contribution in [0.2, 0.25) is 0 Å². The van der Waals surface area contributed by atoms with E-state index in [1.54, 1.807) is 6.26 Å². The Morgan fingerprint density at radius 1 is 1.55 bits per heavy atom. The van der Waals surface area contributed by atoms with Crippen molar-refractivity contribution in [2.45, 2.75) is 0 Å². The fraction of sp³-hybridized carbons (Fsp3) is 0.167. The molecule has 5 heteroatoms. The predicted molar refractivity (Wildman–Crippen MR) is 32.3 cm³/mol. The van der Waals surface area contributed by atoms with Crippen LogP contribution in [0.1, 0.15) is 0 Å². The normalized spacial score (nSPS) is 11.6. The third kappa shape index (κ3) is 17.7. The van der Waals surface area contributed by atoms with E-state index in [1.807, 2.05) is 18.2 Å². The van der Waals surface area contributed by atoms with E-state index in [-0.39, 0.29) is 29.6 Å². The largest absolute Gasteiger partial charge is 1.00 e. The SMILES string of the molecule is C1=CCOC=C1.O=C([O-])O.[Na+]. The summed E-state index contributed by atoms with van der Waals surface area (Å²) in [5, 5.41) is 15.3. The van der Waals surface area contributed by atoms with Crippen LogP contribution in [0.25, 0.3) is 0 Å². The van der Waals surface area contributed by atoms with E-state index in [0.717, 1.165) is 6.61 Å². The van der Waals surface area contributed by atoms with Gasteiger partial charge in [0.05, 0.1) is 6.26 Å². The van der Waals surface area contributed by atoms with E-state index in [9.17, 15) is 0 Å². The van der Waals surface area contributed by atoms with Gasteiger partial charge in [-0.15, -0.1) is 0 Å². The van der Waals surface area contributed by atoms with Gasteiger partial charge in [0.15, 0.2) is 0 Å². The van der Waals surface area contributed by atoms with Crippen molar-refractivity contribution < 1.29 is 49.3 Å². The molecule has 0 bridgehead atoms. The Bertz CT molecular complexity index is 137. The Hall–Kier alpha value is -0.450. The Morgan fingerprint density at radius 3 is 2.18 bits per heavy atom. The van der Waals surface area contributed by atoms with Gasteiger partial charge < -0.3 is 19.7 Å². The van der Waals surface area contributed by atoms with E-state index in [2.05, 4.69) is 0 Å². The van der Waals surface area contributed by atoms with E-state index >= 15 is 0 Å². The van der Waals surface area contributed by atoms with E-state index in [0.29, 0.717) is 0 Å². The quantitative estimate of drug-likeness (QED) is 0.389. The molecule has 11 heavy (non-hydrogen) atoms. The van der Waals surface area contributed by atoms with Crippen molar-refractivity contribution in [3.63, 3.8) is 0 Å². The van der Waals surface area contributed by atoms with Gasteiger partial charge in [-0.2, -0.15) is 0 Å². The van der Waals surface area contributed by atoms with Gasteiger partial charge in [0.25, 0.3) is 0 Å². The minimum atomic E-state index is -2.08. The number of carboxylic acid groups (broad SMARTS) is 2. The van der Waals surface area contributed by atoms with Crippen LogP contribution in [0.3, 0.4) is 0 Å². The molecule has 1 aliphatic rings. The van der Waals surface area contributed by atoms with Crippen LogP contribution in [0.5, 0.6) is 0 Å². The van der Waals surface area contributed by atoms with Gasteiger partial charge in [0, 0.05) is 0 Å². The van der Waals surface area contributed by atoms with Gasteiger partial charge in [-0.3, -0.25) is 0 Å². The molecule has 0 saturated carbocycles. The molecule has 0 aromatic carbocycles. The molecule has 4 nitrogen and oxygen atoms in total. The van der Waals surface area contributed by atoms with Gasteiger partial charge >= 0.3 is 29.6 Å². The molecule has 0 amide bonds. The second kappa shape index (κ2) is 9.55. The molecule has 1 heterocycles. The van der Waals surface area contributed by atoms with Crippen molar-refractivity contribution in [3.8, 4) is 0 Å². The first-order valence-corrected chi connectivity index (χ1v) is 2.56. The standard InChI is InChI=1S/C5H6O.CH2O3.Na/c1-2-4-6-5-3-1;2-1(3)4;/h1-4H,5H2;(H2,2,3,4);/q;;+1/p-1. The van der Waals surface area contributed by atoms with Crippen molar-refractivity contribution in [1.29, 1.82) is 0 Å². The fourth-order valence-electron chi connectivity index (χ4n) is 0.346. The molecular weight excluding hydrogens is 159 g/mol. The van der Waals surface area contributed by atoms with Crippen LogP contribution in [0.15, 0.2) is 24.5 Å². The summed E-state index contributed by atoms with van der Waals surface area (Å²) in [5.41, 5.74) is 0. The summed E-state index contributed by atoms with van der Waals surface area (Å²) >= 11 is 0. The van der Waals surface area contributed by atoms with Gasteiger partial charge in [-0.05, 0) is 12.2 Å². The minimum absolute atomic E-state index is 0. The molecule has 1 aliphatic heterocycles. The van der Waals surface area contributed by atoms with Gasteiger partial charge in [-0.25, -0.2) is 0 Å². The molecule has 0 atom stereocenters. The van der Waals surface area contributed by atoms with Crippen LogP contribution in [-0.4, -0.2) is 17.9 Å². The summed E-state index contributed by atoms with van der Waals surface area (Å²) in [7, 11) is 0. The van der Waals surface area contributed by atoms with Crippen LogP contribution in [0.4, 0.5) is 4.79 Å². The first kappa shape index (κ1) is 13.2. The molecule has 0 fully saturated rings. The second-order valence-electron chi connectivity index (χ2n) is 1.36. The first-order valence-electron chi connectivity index (χ1n) is 2.56. The summed E-state index contributed by atoms with van der Waals surface area (Å²) in [6.07, 6.45) is 5.38. The molecule has 0 aromatic rings. The predicted octanol–water partition coefficient (Wildman–Crippen LogP) is -3.02. The topological polar surface area (TPSA) is 69.6 Å². The number of ether oxygens (including phenoxy) is 1. The minimum Gasteiger partial charge on any atom is -0.565 e. The zero-order chi connectivity index (χ0) is 7.82. The van der Waals surface area contributed by atoms with Gasteiger partial charge in [0.1, 0.15) is 6.61 Å². The number of rotatable bonds is 0. The Morgan fingerprint density at radius 2 is 2.09 bits per heavy atom. The number of hydrogen-bond donors (Lipinski definition) is 1. The molecule has 0 unspecified atom stereocenters. The molecule has 56 valence electrons. The van der Waals surface area contributed by atoms with E-state index < -0.39 is 6.16 Å². The maximum Gasteiger partial charge on any atom is 1.00 e. The molecular formula is C6H7NaO4. The van der Waals surface area contributed by atoms with Crippen molar-refractivity contribution >= 4 is 6.16 Å². The molecule has 0 saturated heterocycles. The fourth-order valence-corrected chi connectivity index (χ4v) is 0.346. The van der Waals surface area contributed by atoms with Crippen LogP contribution < -0.4 is 34.7 Å². The molecule has 1 N–H and O–H groups in total. The number of hydrogen-bond acceptors (Lipinski definition) is 3. The number of allylic oxidation sites excluding steroid dienone is 2. The maximum atomic E-state index is 8.44. The van der Waals surface area contributed by atoms with Crippen LogP contribution in [0, 0.1) is 0 Å². The zero-order valence-electron chi connectivity index (χ0n) is 6.19. The molecule has 0 aliphatic carbocycles. The Kier molecular flexibility index (Phi) is 11.4.